The molecular weight excluding hydrogens is 385 g/mol. The first-order valence-electron chi connectivity index (χ1n) is 8.80. The molecule has 0 saturated carbocycles. The molecule has 148 valence electrons. The highest BCUT2D eigenvalue weighted by Crippen LogP contribution is 2.36. The maximum absolute atomic E-state index is 14.5. The van der Waals surface area contributed by atoms with Crippen LogP contribution in [-0.2, 0) is 6.18 Å². The number of nitrogens with zero attached hydrogens (tertiary/aromatic N) is 7. The highest BCUT2D eigenvalue weighted by Gasteiger charge is 2.38. The molecule has 2 saturated heterocycles. The van der Waals surface area contributed by atoms with Gasteiger partial charge in [-0.05, 0) is 35.9 Å². The number of rotatable bonds is 1. The van der Waals surface area contributed by atoms with Crippen LogP contribution in [0.15, 0.2) is 6.07 Å². The van der Waals surface area contributed by atoms with E-state index in [4.69, 9.17) is 0 Å². The number of fused-ring (bicyclic) bond motifs is 4. The Kier molecular flexibility index (Phi) is 3.70. The normalized spacial score (nSPS) is 21.0. The van der Waals surface area contributed by atoms with Crippen LogP contribution in [0.25, 0.3) is 16.7 Å². The number of piperazine rings is 1. The Morgan fingerprint density at radius 2 is 1.89 bits per heavy atom. The van der Waals surface area contributed by atoms with Gasteiger partial charge in [-0.1, -0.05) is 0 Å². The zero-order chi connectivity index (χ0) is 19.6. The number of hydrogen-bond acceptors (Lipinski definition) is 6. The maximum Gasteiger partial charge on any atom is 0.419 e. The fourth-order valence-electron chi connectivity index (χ4n) is 4.12. The average Bonchev–Trinajstić information content (AvgIpc) is 3.31. The minimum absolute atomic E-state index is 0.109. The fraction of sp³-hybridized carbons (Fsp3) is 0.500. The molecule has 1 unspecified atom stereocenters. The minimum atomic E-state index is -5.06. The van der Waals surface area contributed by atoms with Crippen molar-refractivity contribution in [2.45, 2.75) is 25.1 Å². The summed E-state index contributed by atoms with van der Waals surface area (Å²) in [5, 5.41) is 11.1. The molecule has 2 aromatic heterocycles. The third-order valence-corrected chi connectivity index (χ3v) is 5.47. The van der Waals surface area contributed by atoms with E-state index in [1.807, 2.05) is 4.90 Å². The summed E-state index contributed by atoms with van der Waals surface area (Å²) < 4.78 is 68.8. The minimum Gasteiger partial charge on any atom is -0.351 e. The van der Waals surface area contributed by atoms with Gasteiger partial charge in [-0.2, -0.15) is 17.7 Å². The molecule has 1 atom stereocenters. The number of benzene rings is 1. The largest absolute Gasteiger partial charge is 0.419 e. The van der Waals surface area contributed by atoms with Gasteiger partial charge >= 0.3 is 6.18 Å². The number of halogens is 5. The second kappa shape index (κ2) is 5.93. The molecule has 3 aromatic rings. The third-order valence-electron chi connectivity index (χ3n) is 5.47. The second-order valence-electron chi connectivity index (χ2n) is 7.05. The molecule has 2 fully saturated rings. The van der Waals surface area contributed by atoms with Crippen molar-refractivity contribution < 1.29 is 22.0 Å². The van der Waals surface area contributed by atoms with Gasteiger partial charge in [0.2, 0.25) is 5.65 Å². The van der Waals surface area contributed by atoms with Crippen molar-refractivity contribution in [1.82, 2.24) is 29.9 Å². The molecule has 0 aliphatic carbocycles. The Labute approximate surface area is 154 Å². The summed E-state index contributed by atoms with van der Waals surface area (Å²) in [6.07, 6.45) is -2.95. The first-order valence-corrected chi connectivity index (χ1v) is 8.80. The standard InChI is InChI=1S/C16H14F5N7/c17-11-9(16(19,20)21)6-10-13(12(11)18)22-14(15-23-24-25-28(10)15)27-5-4-26-3-1-2-8(26)7-27/h6,8H,1-5,7H2. The lowest BCUT2D eigenvalue weighted by molar-refractivity contribution is -0.140. The number of aromatic nitrogens is 5. The molecule has 1 aromatic carbocycles. The second-order valence-corrected chi connectivity index (χ2v) is 7.05. The van der Waals surface area contributed by atoms with E-state index in [1.54, 1.807) is 0 Å². The Hall–Kier alpha value is -2.63. The van der Waals surface area contributed by atoms with Gasteiger partial charge in [0.25, 0.3) is 0 Å². The number of tetrazole rings is 1. The first-order chi connectivity index (χ1) is 13.3. The lowest BCUT2D eigenvalue weighted by Gasteiger charge is -2.38. The highest BCUT2D eigenvalue weighted by molar-refractivity contribution is 5.83. The molecule has 0 spiro atoms. The topological polar surface area (TPSA) is 62.5 Å². The number of anilines is 1. The molecule has 2 aliphatic rings. The van der Waals surface area contributed by atoms with Crippen molar-refractivity contribution in [2.75, 3.05) is 31.1 Å². The maximum atomic E-state index is 14.5. The molecule has 5 rings (SSSR count). The van der Waals surface area contributed by atoms with Crippen LogP contribution in [0.1, 0.15) is 18.4 Å². The van der Waals surface area contributed by atoms with Crippen molar-refractivity contribution in [3.63, 3.8) is 0 Å². The molecular formula is C16H14F5N7. The summed E-state index contributed by atoms with van der Waals surface area (Å²) in [5.41, 5.74) is -2.48. The summed E-state index contributed by atoms with van der Waals surface area (Å²) in [4.78, 5) is 8.39. The van der Waals surface area contributed by atoms with Crippen molar-refractivity contribution in [3.05, 3.63) is 23.3 Å². The molecule has 0 radical (unpaired) electrons. The molecule has 4 heterocycles. The van der Waals surface area contributed by atoms with Crippen molar-refractivity contribution in [1.29, 1.82) is 0 Å². The summed E-state index contributed by atoms with van der Waals surface area (Å²) in [6, 6.07) is 0.805. The van der Waals surface area contributed by atoms with Gasteiger partial charge in [0.15, 0.2) is 17.5 Å². The summed E-state index contributed by atoms with van der Waals surface area (Å²) in [7, 11) is 0. The number of hydrogen-bond donors (Lipinski definition) is 0. The summed E-state index contributed by atoms with van der Waals surface area (Å²) in [6.45, 7) is 3.00. The summed E-state index contributed by atoms with van der Waals surface area (Å²) >= 11 is 0. The molecule has 0 bridgehead atoms. The Morgan fingerprint density at radius 3 is 2.68 bits per heavy atom. The predicted octanol–water partition coefficient (Wildman–Crippen LogP) is 2.25. The lowest BCUT2D eigenvalue weighted by Crippen LogP contribution is -2.50. The van der Waals surface area contributed by atoms with E-state index in [0.29, 0.717) is 25.2 Å². The van der Waals surface area contributed by atoms with Crippen LogP contribution >= 0.6 is 0 Å². The van der Waals surface area contributed by atoms with Crippen molar-refractivity contribution in [2.24, 2.45) is 0 Å². The molecule has 2 aliphatic heterocycles. The number of alkyl halides is 3. The monoisotopic (exact) mass is 399 g/mol. The molecule has 0 N–H and O–H groups in total. The van der Waals surface area contributed by atoms with Crippen LogP contribution in [0, 0.1) is 11.6 Å². The van der Waals surface area contributed by atoms with Crippen molar-refractivity contribution in [3.8, 4) is 0 Å². The van der Waals surface area contributed by atoms with Crippen LogP contribution in [0.5, 0.6) is 0 Å². The zero-order valence-electron chi connectivity index (χ0n) is 14.4. The van der Waals surface area contributed by atoms with Crippen LogP contribution in [0.3, 0.4) is 0 Å². The van der Waals surface area contributed by atoms with Gasteiger partial charge < -0.3 is 4.90 Å². The van der Waals surface area contributed by atoms with Crippen LogP contribution < -0.4 is 4.90 Å². The predicted molar refractivity (Wildman–Crippen MR) is 87.8 cm³/mol. The Morgan fingerprint density at radius 1 is 1.07 bits per heavy atom. The Bertz CT molecular complexity index is 1080. The SMILES string of the molecule is Fc1c(C(F)(F)F)cc2c(nc(N3CCN4CCCC4C3)c3nnnn32)c1F. The molecule has 0 amide bonds. The smallest absolute Gasteiger partial charge is 0.351 e. The lowest BCUT2D eigenvalue weighted by atomic mass is 10.1. The van der Waals surface area contributed by atoms with Gasteiger partial charge in [0, 0.05) is 25.7 Å². The van der Waals surface area contributed by atoms with E-state index in [1.165, 1.54) is 0 Å². The molecule has 12 heteroatoms. The Balaban J connectivity index is 1.71. The quantitative estimate of drug-likeness (QED) is 0.585. The highest BCUT2D eigenvalue weighted by atomic mass is 19.4. The molecule has 28 heavy (non-hydrogen) atoms. The zero-order valence-corrected chi connectivity index (χ0v) is 14.4. The van der Waals surface area contributed by atoms with Crippen LogP contribution in [0.2, 0.25) is 0 Å². The molecule has 7 nitrogen and oxygen atoms in total. The van der Waals surface area contributed by atoms with Gasteiger partial charge in [-0.3, -0.25) is 4.90 Å². The van der Waals surface area contributed by atoms with Gasteiger partial charge in [0.05, 0.1) is 11.1 Å². The summed E-state index contributed by atoms with van der Waals surface area (Å²) in [5.74, 6) is -3.41. The van der Waals surface area contributed by atoms with Gasteiger partial charge in [0.1, 0.15) is 5.52 Å². The van der Waals surface area contributed by atoms with E-state index < -0.39 is 28.9 Å². The average molecular weight is 399 g/mol. The third kappa shape index (κ3) is 2.50. The van der Waals surface area contributed by atoms with Crippen molar-refractivity contribution >= 4 is 22.5 Å². The fourth-order valence-corrected chi connectivity index (χ4v) is 4.12. The van der Waals surface area contributed by atoms with Gasteiger partial charge in [-0.15, -0.1) is 5.10 Å². The van der Waals surface area contributed by atoms with E-state index in [0.717, 1.165) is 30.4 Å². The van der Waals surface area contributed by atoms with E-state index in [2.05, 4.69) is 25.4 Å². The van der Waals surface area contributed by atoms with Crippen LogP contribution in [0.4, 0.5) is 27.8 Å². The van der Waals surface area contributed by atoms with Gasteiger partial charge in [-0.25, -0.2) is 13.8 Å². The van der Waals surface area contributed by atoms with Crippen LogP contribution in [-0.4, -0.2) is 62.1 Å². The first kappa shape index (κ1) is 17.5. The van der Waals surface area contributed by atoms with E-state index in [-0.39, 0.29) is 17.0 Å². The van der Waals surface area contributed by atoms with E-state index in [9.17, 15) is 22.0 Å². The van der Waals surface area contributed by atoms with E-state index >= 15 is 0 Å².